The van der Waals surface area contributed by atoms with Crippen molar-refractivity contribution in [2.75, 3.05) is 13.6 Å². The monoisotopic (exact) mass is 280 g/mol. The van der Waals surface area contributed by atoms with E-state index >= 15 is 0 Å². The van der Waals surface area contributed by atoms with E-state index in [-0.39, 0.29) is 0 Å². The standard InChI is InChI=1S/C16H28N2S/c1-12(15-6-5-9-19-15)18(4)11-13-10-16(2,3)8-7-14(13)17/h5-6,9,12-14H,7-8,10-11,17H2,1-4H3. The Morgan fingerprint density at radius 2 is 2.26 bits per heavy atom. The summed E-state index contributed by atoms with van der Waals surface area (Å²) in [5, 5.41) is 2.16. The lowest BCUT2D eigenvalue weighted by atomic mass is 9.70. The highest BCUT2D eigenvalue weighted by Crippen LogP contribution is 2.39. The summed E-state index contributed by atoms with van der Waals surface area (Å²) in [4.78, 5) is 3.92. The van der Waals surface area contributed by atoms with Crippen molar-refractivity contribution in [2.24, 2.45) is 17.1 Å². The molecule has 0 aliphatic heterocycles. The lowest BCUT2D eigenvalue weighted by molar-refractivity contribution is 0.111. The van der Waals surface area contributed by atoms with Crippen molar-refractivity contribution in [1.82, 2.24) is 4.90 Å². The Balaban J connectivity index is 1.95. The molecule has 1 fully saturated rings. The van der Waals surface area contributed by atoms with Gasteiger partial charge >= 0.3 is 0 Å². The first-order chi connectivity index (χ1) is 8.89. The molecule has 2 nitrogen and oxygen atoms in total. The van der Waals surface area contributed by atoms with E-state index < -0.39 is 0 Å². The summed E-state index contributed by atoms with van der Waals surface area (Å²) < 4.78 is 0. The smallest absolute Gasteiger partial charge is 0.0410 e. The van der Waals surface area contributed by atoms with E-state index in [1.165, 1.54) is 24.1 Å². The van der Waals surface area contributed by atoms with Gasteiger partial charge in [0.05, 0.1) is 0 Å². The molecule has 3 heteroatoms. The second-order valence-corrected chi connectivity index (χ2v) is 7.94. The van der Waals surface area contributed by atoms with Crippen LogP contribution in [0.1, 0.15) is 51.0 Å². The summed E-state index contributed by atoms with van der Waals surface area (Å²) in [5.41, 5.74) is 6.81. The maximum Gasteiger partial charge on any atom is 0.0410 e. The van der Waals surface area contributed by atoms with Crippen LogP contribution in [0, 0.1) is 11.3 Å². The van der Waals surface area contributed by atoms with E-state index in [9.17, 15) is 0 Å². The van der Waals surface area contributed by atoms with Crippen molar-refractivity contribution in [3.8, 4) is 0 Å². The van der Waals surface area contributed by atoms with Gasteiger partial charge in [0.2, 0.25) is 0 Å². The Bertz CT molecular complexity index is 385. The molecular formula is C16H28N2S. The van der Waals surface area contributed by atoms with E-state index in [1.807, 2.05) is 11.3 Å². The molecule has 1 aromatic rings. The van der Waals surface area contributed by atoms with Crippen molar-refractivity contribution < 1.29 is 0 Å². The molecule has 1 aliphatic rings. The SMILES string of the molecule is CC(c1cccs1)N(C)CC1CC(C)(C)CCC1N. The molecule has 0 aromatic carbocycles. The largest absolute Gasteiger partial charge is 0.327 e. The molecule has 1 saturated carbocycles. The average molecular weight is 280 g/mol. The highest BCUT2D eigenvalue weighted by Gasteiger charge is 2.34. The van der Waals surface area contributed by atoms with Crippen molar-refractivity contribution in [3.63, 3.8) is 0 Å². The van der Waals surface area contributed by atoms with Gasteiger partial charge in [-0.2, -0.15) is 0 Å². The lowest BCUT2D eigenvalue weighted by Gasteiger charge is -2.41. The van der Waals surface area contributed by atoms with E-state index in [0.717, 1.165) is 6.54 Å². The molecule has 1 aliphatic carbocycles. The van der Waals surface area contributed by atoms with Gasteiger partial charge in [-0.25, -0.2) is 0 Å². The molecule has 2 N–H and O–H groups in total. The van der Waals surface area contributed by atoms with Crippen molar-refractivity contribution in [2.45, 2.75) is 52.1 Å². The van der Waals surface area contributed by atoms with Crippen LogP contribution < -0.4 is 5.73 Å². The van der Waals surface area contributed by atoms with Crippen LogP contribution in [0.5, 0.6) is 0 Å². The van der Waals surface area contributed by atoms with Gasteiger partial charge in [0, 0.05) is 23.5 Å². The van der Waals surface area contributed by atoms with Gasteiger partial charge in [-0.05, 0) is 56.0 Å². The Morgan fingerprint density at radius 3 is 2.89 bits per heavy atom. The summed E-state index contributed by atoms with van der Waals surface area (Å²) >= 11 is 1.85. The van der Waals surface area contributed by atoms with Gasteiger partial charge in [-0.1, -0.05) is 19.9 Å². The second kappa shape index (κ2) is 5.94. The molecule has 108 valence electrons. The molecule has 1 heterocycles. The summed E-state index contributed by atoms with van der Waals surface area (Å²) in [6, 6.07) is 5.25. The highest BCUT2D eigenvalue weighted by molar-refractivity contribution is 7.10. The molecule has 1 aromatic heterocycles. The van der Waals surface area contributed by atoms with Gasteiger partial charge in [0.15, 0.2) is 0 Å². The predicted octanol–water partition coefficient (Wildman–Crippen LogP) is 3.89. The van der Waals surface area contributed by atoms with Crippen LogP contribution in [-0.4, -0.2) is 24.5 Å². The maximum atomic E-state index is 6.34. The predicted molar refractivity (Wildman–Crippen MR) is 84.5 cm³/mol. The minimum atomic E-state index is 0.381. The van der Waals surface area contributed by atoms with Crippen LogP contribution in [-0.2, 0) is 0 Å². The maximum absolute atomic E-state index is 6.34. The van der Waals surface area contributed by atoms with Crippen LogP contribution >= 0.6 is 11.3 Å². The summed E-state index contributed by atoms with van der Waals surface area (Å²) in [6.45, 7) is 8.18. The van der Waals surface area contributed by atoms with Gasteiger partial charge < -0.3 is 5.73 Å². The van der Waals surface area contributed by atoms with Crippen molar-refractivity contribution in [1.29, 1.82) is 0 Å². The van der Waals surface area contributed by atoms with Crippen LogP contribution in [0.25, 0.3) is 0 Å². The van der Waals surface area contributed by atoms with E-state index in [1.54, 1.807) is 0 Å². The van der Waals surface area contributed by atoms with Crippen LogP contribution in [0.4, 0.5) is 0 Å². The molecule has 0 amide bonds. The van der Waals surface area contributed by atoms with Crippen molar-refractivity contribution in [3.05, 3.63) is 22.4 Å². The van der Waals surface area contributed by atoms with Crippen LogP contribution in [0.2, 0.25) is 0 Å². The number of thiophene rings is 1. The Hall–Kier alpha value is -0.380. The third kappa shape index (κ3) is 3.80. The van der Waals surface area contributed by atoms with E-state index in [0.29, 0.717) is 23.4 Å². The first-order valence-electron chi connectivity index (χ1n) is 7.38. The molecule has 0 radical (unpaired) electrons. The average Bonchev–Trinajstić information content (AvgIpc) is 2.86. The summed E-state index contributed by atoms with van der Waals surface area (Å²) in [6.07, 6.45) is 3.71. The molecule has 19 heavy (non-hydrogen) atoms. The summed E-state index contributed by atoms with van der Waals surface area (Å²) in [7, 11) is 2.23. The first-order valence-corrected chi connectivity index (χ1v) is 8.26. The fourth-order valence-corrected chi connectivity index (χ4v) is 4.08. The third-order valence-corrected chi connectivity index (χ3v) is 5.76. The van der Waals surface area contributed by atoms with E-state index in [2.05, 4.69) is 50.2 Å². The fraction of sp³-hybridized carbons (Fsp3) is 0.750. The fourth-order valence-electron chi connectivity index (χ4n) is 3.23. The minimum Gasteiger partial charge on any atom is -0.327 e. The molecule has 0 bridgehead atoms. The molecule has 3 atom stereocenters. The van der Waals surface area contributed by atoms with Crippen LogP contribution in [0.3, 0.4) is 0 Å². The molecule has 0 saturated heterocycles. The van der Waals surface area contributed by atoms with Crippen LogP contribution in [0.15, 0.2) is 17.5 Å². The number of rotatable bonds is 4. The normalized spacial score (nSPS) is 28.5. The molecule has 2 rings (SSSR count). The topological polar surface area (TPSA) is 29.3 Å². The van der Waals surface area contributed by atoms with E-state index in [4.69, 9.17) is 5.73 Å². The zero-order valence-corrected chi connectivity index (χ0v) is 13.5. The molecule has 0 spiro atoms. The number of hydrogen-bond donors (Lipinski definition) is 1. The number of hydrogen-bond acceptors (Lipinski definition) is 3. The van der Waals surface area contributed by atoms with Gasteiger partial charge in [-0.3, -0.25) is 4.90 Å². The molecular weight excluding hydrogens is 252 g/mol. The zero-order valence-electron chi connectivity index (χ0n) is 12.7. The Labute approximate surface area is 122 Å². The van der Waals surface area contributed by atoms with Gasteiger partial charge in [0.1, 0.15) is 0 Å². The van der Waals surface area contributed by atoms with Gasteiger partial charge in [-0.15, -0.1) is 11.3 Å². The summed E-state index contributed by atoms with van der Waals surface area (Å²) in [5.74, 6) is 0.635. The second-order valence-electron chi connectivity index (χ2n) is 6.96. The number of nitrogens with zero attached hydrogens (tertiary/aromatic N) is 1. The zero-order chi connectivity index (χ0) is 14.0. The minimum absolute atomic E-state index is 0.381. The lowest BCUT2D eigenvalue weighted by Crippen LogP contribution is -2.44. The first kappa shape index (κ1) is 15.0. The van der Waals surface area contributed by atoms with Gasteiger partial charge in [0.25, 0.3) is 0 Å². The Kier molecular flexibility index (Phi) is 4.70. The van der Waals surface area contributed by atoms with Crippen molar-refractivity contribution >= 4 is 11.3 Å². The highest BCUT2D eigenvalue weighted by atomic mass is 32.1. The third-order valence-electron chi connectivity index (χ3n) is 4.71. The Morgan fingerprint density at radius 1 is 1.53 bits per heavy atom. The number of nitrogens with two attached hydrogens (primary N) is 1. The molecule has 3 unspecified atom stereocenters. The quantitative estimate of drug-likeness (QED) is 0.906.